The molecule has 0 aliphatic heterocycles. The van der Waals surface area contributed by atoms with Crippen LogP contribution in [-0.2, 0) is 17.6 Å². The maximum atomic E-state index is 12.1. The van der Waals surface area contributed by atoms with Crippen molar-refractivity contribution in [3.63, 3.8) is 0 Å². The number of aryl methyl sites for hydroxylation is 1. The lowest BCUT2D eigenvalue weighted by Gasteiger charge is -2.31. The van der Waals surface area contributed by atoms with E-state index in [1.807, 2.05) is 24.3 Å². The molecular formula is C24H28N4O3. The van der Waals surface area contributed by atoms with E-state index < -0.39 is 12.0 Å². The number of aliphatic hydroxyl groups excluding tert-OH is 1. The number of hydrogen-bond acceptors (Lipinski definition) is 5. The molecule has 7 nitrogen and oxygen atoms in total. The molecule has 0 bridgehead atoms. The molecule has 1 aliphatic rings. The van der Waals surface area contributed by atoms with Gasteiger partial charge < -0.3 is 15.7 Å². The van der Waals surface area contributed by atoms with E-state index in [1.165, 1.54) is 4.90 Å². The number of primary amides is 1. The summed E-state index contributed by atoms with van der Waals surface area (Å²) in [6.45, 7) is 4.76. The van der Waals surface area contributed by atoms with Crippen molar-refractivity contribution in [2.45, 2.75) is 45.6 Å². The molecule has 0 fully saturated rings. The van der Waals surface area contributed by atoms with Crippen molar-refractivity contribution in [1.29, 1.82) is 0 Å². The van der Waals surface area contributed by atoms with E-state index >= 15 is 0 Å². The molecular weight excluding hydrogens is 392 g/mol. The maximum absolute atomic E-state index is 12.1. The van der Waals surface area contributed by atoms with Crippen molar-refractivity contribution in [2.24, 2.45) is 11.1 Å². The van der Waals surface area contributed by atoms with Crippen LogP contribution in [0, 0.1) is 17.3 Å². The molecule has 0 unspecified atom stereocenters. The van der Waals surface area contributed by atoms with E-state index in [9.17, 15) is 14.7 Å². The molecule has 3 N–H and O–H groups in total. The lowest BCUT2D eigenvalue weighted by Crippen LogP contribution is -2.28. The average Bonchev–Trinajstić information content (AvgIpc) is 2.74. The Morgan fingerprint density at radius 3 is 2.87 bits per heavy atom. The number of aliphatic hydroxyl groups is 1. The second-order valence-electron chi connectivity index (χ2n) is 8.77. The van der Waals surface area contributed by atoms with Gasteiger partial charge in [-0.15, -0.1) is 0 Å². The summed E-state index contributed by atoms with van der Waals surface area (Å²) in [6.07, 6.45) is 2.73. The van der Waals surface area contributed by atoms with Crippen LogP contribution in [0.4, 0.5) is 0 Å². The number of aromatic nitrogens is 2. The minimum Gasteiger partial charge on any atom is -0.380 e. The van der Waals surface area contributed by atoms with E-state index in [4.69, 9.17) is 10.7 Å². The molecule has 0 spiro atoms. The van der Waals surface area contributed by atoms with Gasteiger partial charge in [-0.05, 0) is 36.8 Å². The van der Waals surface area contributed by atoms with Crippen LogP contribution in [0.3, 0.4) is 0 Å². The molecule has 1 aliphatic carbocycles. The molecule has 3 rings (SSSR count). The van der Waals surface area contributed by atoms with Crippen LogP contribution < -0.4 is 5.73 Å². The lowest BCUT2D eigenvalue weighted by molar-refractivity contribution is -0.117. The predicted octanol–water partition coefficient (Wildman–Crippen LogP) is 1.95. The van der Waals surface area contributed by atoms with Gasteiger partial charge in [-0.25, -0.2) is 9.97 Å². The molecule has 1 aromatic heterocycles. The summed E-state index contributed by atoms with van der Waals surface area (Å²) in [5.74, 6) is 5.65. The van der Waals surface area contributed by atoms with Gasteiger partial charge >= 0.3 is 0 Å². The lowest BCUT2D eigenvalue weighted by atomic mass is 9.75. The highest BCUT2D eigenvalue weighted by Gasteiger charge is 2.30. The summed E-state index contributed by atoms with van der Waals surface area (Å²) in [4.78, 5) is 33.4. The SMILES string of the molecule is CN(C=O)CC[C@@H](O)C#Cc1cccc(-c2nc3c(c(C(N)=O)n2)CC(C)(C)CC3)c1. The van der Waals surface area contributed by atoms with Crippen molar-refractivity contribution >= 4 is 12.3 Å². The second kappa shape index (κ2) is 9.27. The molecule has 1 heterocycles. The zero-order valence-electron chi connectivity index (χ0n) is 18.2. The Bertz CT molecular complexity index is 1050. The van der Waals surface area contributed by atoms with Gasteiger partial charge in [0.2, 0.25) is 6.41 Å². The number of amides is 2. The van der Waals surface area contributed by atoms with E-state index in [2.05, 4.69) is 30.7 Å². The highest BCUT2D eigenvalue weighted by atomic mass is 16.3. The maximum Gasteiger partial charge on any atom is 0.267 e. The fourth-order valence-electron chi connectivity index (χ4n) is 3.63. The van der Waals surface area contributed by atoms with Crippen molar-refractivity contribution in [1.82, 2.24) is 14.9 Å². The molecule has 0 radical (unpaired) electrons. The van der Waals surface area contributed by atoms with Gasteiger partial charge in [0.25, 0.3) is 5.91 Å². The Kier molecular flexibility index (Phi) is 6.71. The van der Waals surface area contributed by atoms with Crippen LogP contribution in [0.2, 0.25) is 0 Å². The Morgan fingerprint density at radius 1 is 1.39 bits per heavy atom. The molecule has 2 aromatic rings. The first-order valence-electron chi connectivity index (χ1n) is 10.3. The third-order valence-corrected chi connectivity index (χ3v) is 5.46. The third-order valence-electron chi connectivity index (χ3n) is 5.46. The van der Waals surface area contributed by atoms with Gasteiger partial charge in [-0.3, -0.25) is 9.59 Å². The minimum atomic E-state index is -0.837. The van der Waals surface area contributed by atoms with Gasteiger partial charge in [0.1, 0.15) is 11.8 Å². The van der Waals surface area contributed by atoms with E-state index in [-0.39, 0.29) is 5.41 Å². The number of nitrogens with zero attached hydrogens (tertiary/aromatic N) is 3. The topological polar surface area (TPSA) is 109 Å². The van der Waals surface area contributed by atoms with Gasteiger partial charge in [0, 0.05) is 42.4 Å². The van der Waals surface area contributed by atoms with Crippen LogP contribution in [0.5, 0.6) is 0 Å². The monoisotopic (exact) mass is 420 g/mol. The van der Waals surface area contributed by atoms with Gasteiger partial charge in [0.15, 0.2) is 5.82 Å². The molecule has 162 valence electrons. The Balaban J connectivity index is 1.88. The first kappa shape index (κ1) is 22.4. The quantitative estimate of drug-likeness (QED) is 0.548. The first-order chi connectivity index (χ1) is 14.7. The fourth-order valence-corrected chi connectivity index (χ4v) is 3.63. The number of carbonyl (C=O) groups is 2. The fraction of sp³-hybridized carbons (Fsp3) is 0.417. The van der Waals surface area contributed by atoms with Crippen molar-refractivity contribution in [3.8, 4) is 23.2 Å². The Hall–Kier alpha value is -3.24. The number of hydrogen-bond donors (Lipinski definition) is 2. The summed E-state index contributed by atoms with van der Waals surface area (Å²) in [6, 6.07) is 7.36. The van der Waals surface area contributed by atoms with Crippen molar-refractivity contribution < 1.29 is 14.7 Å². The number of fused-ring (bicyclic) bond motifs is 1. The van der Waals surface area contributed by atoms with Crippen LogP contribution in [0.25, 0.3) is 11.4 Å². The molecule has 0 saturated heterocycles. The number of rotatable bonds is 6. The molecule has 1 aromatic carbocycles. The molecule has 1 atom stereocenters. The third kappa shape index (κ3) is 5.68. The largest absolute Gasteiger partial charge is 0.380 e. The van der Waals surface area contributed by atoms with Crippen LogP contribution >= 0.6 is 0 Å². The zero-order valence-corrected chi connectivity index (χ0v) is 18.2. The standard InChI is InChI=1S/C24H28N4O3/c1-24(2)11-9-20-19(14-24)21(22(25)31)27-23(26-20)17-6-4-5-16(13-17)7-8-18(30)10-12-28(3)15-29/h4-6,13,15,18,30H,9-12,14H2,1-3H3,(H2,25,31)/t18-/m0/s1. The minimum absolute atomic E-state index is 0.0823. The molecule has 0 saturated carbocycles. The van der Waals surface area contributed by atoms with Crippen molar-refractivity contribution in [3.05, 3.63) is 46.8 Å². The Labute approximate surface area is 182 Å². The van der Waals surface area contributed by atoms with Gasteiger partial charge in [-0.2, -0.15) is 0 Å². The van der Waals surface area contributed by atoms with E-state index in [1.54, 1.807) is 7.05 Å². The molecule has 2 amide bonds. The summed E-state index contributed by atoms with van der Waals surface area (Å²) >= 11 is 0. The summed E-state index contributed by atoms with van der Waals surface area (Å²) in [5.41, 5.74) is 9.18. The smallest absolute Gasteiger partial charge is 0.267 e. The summed E-state index contributed by atoms with van der Waals surface area (Å²) in [7, 11) is 1.65. The van der Waals surface area contributed by atoms with Crippen LogP contribution in [-0.4, -0.2) is 52.0 Å². The summed E-state index contributed by atoms with van der Waals surface area (Å²) < 4.78 is 0. The normalized spacial score (nSPS) is 15.2. The number of nitrogens with two attached hydrogens (primary N) is 1. The number of benzene rings is 1. The summed E-state index contributed by atoms with van der Waals surface area (Å²) in [5, 5.41) is 10.0. The van der Waals surface area contributed by atoms with Crippen molar-refractivity contribution in [2.75, 3.05) is 13.6 Å². The predicted molar refractivity (Wildman–Crippen MR) is 118 cm³/mol. The van der Waals surface area contributed by atoms with Gasteiger partial charge in [-0.1, -0.05) is 37.8 Å². The molecule has 7 heteroatoms. The van der Waals surface area contributed by atoms with E-state index in [0.717, 1.165) is 36.1 Å². The van der Waals surface area contributed by atoms with Gasteiger partial charge in [0.05, 0.1) is 0 Å². The average molecular weight is 421 g/mol. The zero-order chi connectivity index (χ0) is 22.6. The molecule has 31 heavy (non-hydrogen) atoms. The highest BCUT2D eigenvalue weighted by Crippen LogP contribution is 2.36. The number of carbonyl (C=O) groups excluding carboxylic acids is 2. The van der Waals surface area contributed by atoms with E-state index in [0.29, 0.717) is 36.5 Å². The first-order valence-corrected chi connectivity index (χ1v) is 10.3. The van der Waals surface area contributed by atoms with Crippen LogP contribution in [0.1, 0.15) is 54.0 Å². The van der Waals surface area contributed by atoms with Crippen LogP contribution in [0.15, 0.2) is 24.3 Å². The second-order valence-corrected chi connectivity index (χ2v) is 8.77. The Morgan fingerprint density at radius 2 is 2.16 bits per heavy atom. The highest BCUT2D eigenvalue weighted by molar-refractivity contribution is 5.93.